The van der Waals surface area contributed by atoms with E-state index in [0.717, 1.165) is 11.5 Å². The summed E-state index contributed by atoms with van der Waals surface area (Å²) in [4.78, 5) is 17.9. The fourth-order valence-electron chi connectivity index (χ4n) is 1.54. The Bertz CT molecular complexity index is 537. The molecule has 0 aliphatic carbocycles. The first-order valence-electron chi connectivity index (χ1n) is 5.91. The Kier molecular flexibility index (Phi) is 3.97. The van der Waals surface area contributed by atoms with Gasteiger partial charge in [-0.15, -0.1) is 0 Å². The van der Waals surface area contributed by atoms with Gasteiger partial charge >= 0.3 is 6.03 Å². The van der Waals surface area contributed by atoms with Gasteiger partial charge < -0.3 is 15.5 Å². The summed E-state index contributed by atoms with van der Waals surface area (Å²) in [5, 5.41) is 5.46. The van der Waals surface area contributed by atoms with E-state index in [1.165, 1.54) is 0 Å². The smallest absolute Gasteiger partial charge is 0.323 e. The van der Waals surface area contributed by atoms with Gasteiger partial charge in [0, 0.05) is 19.8 Å². The fourth-order valence-corrected chi connectivity index (χ4v) is 1.54. The number of hydrogen-bond acceptors (Lipinski definition) is 3. The summed E-state index contributed by atoms with van der Waals surface area (Å²) >= 11 is 0. The number of urea groups is 1. The van der Waals surface area contributed by atoms with Crippen LogP contribution >= 0.6 is 0 Å². The van der Waals surface area contributed by atoms with Gasteiger partial charge in [0.25, 0.3) is 0 Å². The average molecular weight is 256 g/mol. The molecule has 2 aromatic rings. The molecule has 0 radical (unpaired) electrons. The van der Waals surface area contributed by atoms with E-state index in [1.807, 2.05) is 61.5 Å². The minimum absolute atomic E-state index is 0.286. The molecule has 1 aromatic carbocycles. The monoisotopic (exact) mass is 256 g/mol. The number of aromatic nitrogens is 1. The summed E-state index contributed by atoms with van der Waals surface area (Å²) in [6.07, 6.45) is 1.62. The molecule has 0 atom stereocenters. The number of amides is 2. The molecule has 98 valence electrons. The van der Waals surface area contributed by atoms with Crippen molar-refractivity contribution in [2.45, 2.75) is 0 Å². The van der Waals surface area contributed by atoms with E-state index in [9.17, 15) is 4.79 Å². The highest BCUT2D eigenvalue weighted by atomic mass is 16.2. The molecule has 5 nitrogen and oxygen atoms in total. The van der Waals surface area contributed by atoms with Crippen molar-refractivity contribution < 1.29 is 4.79 Å². The highest BCUT2D eigenvalue weighted by molar-refractivity contribution is 5.99. The molecule has 1 aromatic heterocycles. The van der Waals surface area contributed by atoms with Gasteiger partial charge in [0.2, 0.25) is 0 Å². The van der Waals surface area contributed by atoms with Crippen molar-refractivity contribution in [3.05, 3.63) is 48.7 Å². The van der Waals surface area contributed by atoms with Crippen LogP contribution in [0, 0.1) is 0 Å². The Morgan fingerprint density at radius 3 is 2.26 bits per heavy atom. The van der Waals surface area contributed by atoms with Crippen molar-refractivity contribution in [1.82, 2.24) is 4.98 Å². The summed E-state index contributed by atoms with van der Waals surface area (Å²) in [6.45, 7) is 0. The number of nitrogens with zero attached hydrogens (tertiary/aromatic N) is 2. The van der Waals surface area contributed by atoms with Crippen molar-refractivity contribution in [2.24, 2.45) is 0 Å². The van der Waals surface area contributed by atoms with Gasteiger partial charge in [-0.05, 0) is 24.3 Å². The SMILES string of the molecule is CN(C)c1ccc(NC(=O)Nc2ccccc2)cn1. The number of anilines is 3. The first-order valence-corrected chi connectivity index (χ1v) is 5.91. The predicted octanol–water partition coefficient (Wildman–Crippen LogP) is 2.79. The summed E-state index contributed by atoms with van der Waals surface area (Å²) in [5.41, 5.74) is 1.40. The lowest BCUT2D eigenvalue weighted by molar-refractivity contribution is 0.262. The van der Waals surface area contributed by atoms with E-state index in [-0.39, 0.29) is 6.03 Å². The van der Waals surface area contributed by atoms with Crippen LogP contribution in [-0.4, -0.2) is 25.1 Å². The molecule has 0 spiro atoms. The minimum Gasteiger partial charge on any atom is -0.363 e. The zero-order valence-electron chi connectivity index (χ0n) is 10.9. The zero-order valence-corrected chi connectivity index (χ0v) is 10.9. The van der Waals surface area contributed by atoms with Crippen LogP contribution in [0.15, 0.2) is 48.7 Å². The molecule has 5 heteroatoms. The first-order chi connectivity index (χ1) is 9.15. The fraction of sp³-hybridized carbons (Fsp3) is 0.143. The molecule has 0 saturated carbocycles. The maximum Gasteiger partial charge on any atom is 0.323 e. The van der Waals surface area contributed by atoms with E-state index in [1.54, 1.807) is 6.20 Å². The highest BCUT2D eigenvalue weighted by Gasteiger charge is 2.03. The van der Waals surface area contributed by atoms with Gasteiger partial charge in [-0.1, -0.05) is 18.2 Å². The normalized spacial score (nSPS) is 9.79. The second-order valence-corrected chi connectivity index (χ2v) is 4.24. The minimum atomic E-state index is -0.286. The van der Waals surface area contributed by atoms with Crippen LogP contribution in [0.2, 0.25) is 0 Å². The lowest BCUT2D eigenvalue weighted by atomic mass is 10.3. The lowest BCUT2D eigenvalue weighted by Crippen LogP contribution is -2.19. The van der Waals surface area contributed by atoms with Gasteiger partial charge in [-0.3, -0.25) is 0 Å². The number of carbonyl (C=O) groups excluding carboxylic acids is 1. The molecule has 0 fully saturated rings. The standard InChI is InChI=1S/C14H16N4O/c1-18(2)13-9-8-12(10-15-13)17-14(19)16-11-6-4-3-5-7-11/h3-10H,1-2H3,(H2,16,17,19). The average Bonchev–Trinajstić information content (AvgIpc) is 2.40. The third-order valence-corrected chi connectivity index (χ3v) is 2.50. The Balaban J connectivity index is 1.95. The summed E-state index contributed by atoms with van der Waals surface area (Å²) in [5.74, 6) is 0.842. The van der Waals surface area contributed by atoms with E-state index in [2.05, 4.69) is 15.6 Å². The topological polar surface area (TPSA) is 57.3 Å². The summed E-state index contributed by atoms with van der Waals surface area (Å²) in [6, 6.07) is 12.6. The predicted molar refractivity (Wildman–Crippen MR) is 77.6 cm³/mol. The summed E-state index contributed by atoms with van der Waals surface area (Å²) in [7, 11) is 3.83. The summed E-state index contributed by atoms with van der Waals surface area (Å²) < 4.78 is 0. The van der Waals surface area contributed by atoms with Crippen molar-refractivity contribution in [1.29, 1.82) is 0 Å². The lowest BCUT2D eigenvalue weighted by Gasteiger charge is -2.12. The molecule has 2 amide bonds. The second-order valence-electron chi connectivity index (χ2n) is 4.24. The number of carbonyl (C=O) groups is 1. The van der Waals surface area contributed by atoms with Gasteiger partial charge in [-0.25, -0.2) is 9.78 Å². The Morgan fingerprint density at radius 2 is 1.68 bits per heavy atom. The molecule has 0 unspecified atom stereocenters. The van der Waals surface area contributed by atoms with Crippen LogP contribution in [-0.2, 0) is 0 Å². The van der Waals surface area contributed by atoms with Crippen LogP contribution in [0.3, 0.4) is 0 Å². The Hall–Kier alpha value is -2.56. The molecule has 0 saturated heterocycles. The third-order valence-electron chi connectivity index (χ3n) is 2.50. The molecule has 2 rings (SSSR count). The number of benzene rings is 1. The van der Waals surface area contributed by atoms with E-state index >= 15 is 0 Å². The second kappa shape index (κ2) is 5.86. The van der Waals surface area contributed by atoms with Gasteiger partial charge in [-0.2, -0.15) is 0 Å². The number of pyridine rings is 1. The van der Waals surface area contributed by atoms with Crippen LogP contribution < -0.4 is 15.5 Å². The van der Waals surface area contributed by atoms with Crippen molar-refractivity contribution in [3.63, 3.8) is 0 Å². The molecular formula is C14H16N4O. The van der Waals surface area contributed by atoms with Gasteiger partial charge in [0.1, 0.15) is 5.82 Å². The molecule has 1 heterocycles. The van der Waals surface area contributed by atoms with Gasteiger partial charge in [0.15, 0.2) is 0 Å². The molecule has 0 bridgehead atoms. The van der Waals surface area contributed by atoms with E-state index in [0.29, 0.717) is 5.69 Å². The largest absolute Gasteiger partial charge is 0.363 e. The molecular weight excluding hydrogens is 240 g/mol. The zero-order chi connectivity index (χ0) is 13.7. The van der Waals surface area contributed by atoms with Crippen molar-refractivity contribution >= 4 is 23.2 Å². The van der Waals surface area contributed by atoms with Crippen molar-refractivity contribution in [2.75, 3.05) is 29.6 Å². The van der Waals surface area contributed by atoms with Crippen LogP contribution in [0.1, 0.15) is 0 Å². The molecule has 0 aliphatic rings. The van der Waals surface area contributed by atoms with Gasteiger partial charge in [0.05, 0.1) is 11.9 Å². The van der Waals surface area contributed by atoms with Crippen molar-refractivity contribution in [3.8, 4) is 0 Å². The number of nitrogens with one attached hydrogen (secondary N) is 2. The number of rotatable bonds is 3. The van der Waals surface area contributed by atoms with E-state index < -0.39 is 0 Å². The first kappa shape index (κ1) is 12.9. The highest BCUT2D eigenvalue weighted by Crippen LogP contribution is 2.12. The maximum atomic E-state index is 11.7. The van der Waals surface area contributed by atoms with E-state index in [4.69, 9.17) is 0 Å². The van der Waals surface area contributed by atoms with Crippen LogP contribution in [0.4, 0.5) is 22.0 Å². The molecule has 2 N–H and O–H groups in total. The maximum absolute atomic E-state index is 11.7. The number of para-hydroxylation sites is 1. The molecule has 0 aliphatic heterocycles. The Labute approximate surface area is 112 Å². The Morgan fingerprint density at radius 1 is 1.00 bits per heavy atom. The van der Waals surface area contributed by atoms with Crippen LogP contribution in [0.5, 0.6) is 0 Å². The number of hydrogen-bond donors (Lipinski definition) is 2. The van der Waals surface area contributed by atoms with Crippen LogP contribution in [0.25, 0.3) is 0 Å². The third kappa shape index (κ3) is 3.70. The quantitative estimate of drug-likeness (QED) is 0.887. The molecule has 19 heavy (non-hydrogen) atoms.